The van der Waals surface area contributed by atoms with Crippen LogP contribution in [0.2, 0.25) is 0 Å². The number of carbonyl (C=O) groups is 2. The highest BCUT2D eigenvalue weighted by Gasteiger charge is 2.36. The van der Waals surface area contributed by atoms with E-state index in [2.05, 4.69) is 5.32 Å². The summed E-state index contributed by atoms with van der Waals surface area (Å²) in [4.78, 5) is 27.9. The quantitative estimate of drug-likeness (QED) is 0.701. The van der Waals surface area contributed by atoms with Crippen molar-refractivity contribution in [1.29, 1.82) is 0 Å². The number of hydrogen-bond donors (Lipinski definition) is 1. The maximum atomic E-state index is 13.2. The third-order valence-electron chi connectivity index (χ3n) is 5.39. The summed E-state index contributed by atoms with van der Waals surface area (Å²) in [6.45, 7) is 2.94. The molecule has 29 heavy (non-hydrogen) atoms. The zero-order valence-corrected chi connectivity index (χ0v) is 16.5. The van der Waals surface area contributed by atoms with E-state index in [4.69, 9.17) is 0 Å². The maximum Gasteiger partial charge on any atom is 0.255 e. The Hall–Kier alpha value is -3.40. The van der Waals surface area contributed by atoms with Gasteiger partial charge in [-0.15, -0.1) is 0 Å². The van der Waals surface area contributed by atoms with E-state index in [0.29, 0.717) is 25.1 Å². The summed E-state index contributed by atoms with van der Waals surface area (Å²) in [5.41, 5.74) is 4.92. The van der Waals surface area contributed by atoms with Gasteiger partial charge in [0, 0.05) is 25.1 Å². The minimum Gasteiger partial charge on any atom is -0.350 e. The van der Waals surface area contributed by atoms with E-state index < -0.39 is 6.04 Å². The van der Waals surface area contributed by atoms with Crippen LogP contribution in [-0.4, -0.2) is 22.8 Å². The molecule has 0 spiro atoms. The molecule has 4 rings (SSSR count). The molecule has 0 aliphatic carbocycles. The average molecular weight is 384 g/mol. The third kappa shape index (κ3) is 4.21. The largest absolute Gasteiger partial charge is 0.350 e. The highest BCUT2D eigenvalue weighted by Crippen LogP contribution is 2.26. The van der Waals surface area contributed by atoms with Crippen LogP contribution in [0.15, 0.2) is 78.9 Å². The zero-order valence-electron chi connectivity index (χ0n) is 16.5. The molecule has 0 radical (unpaired) electrons. The second-order valence-electron chi connectivity index (χ2n) is 7.50. The van der Waals surface area contributed by atoms with Crippen molar-refractivity contribution in [2.45, 2.75) is 32.5 Å². The van der Waals surface area contributed by atoms with Gasteiger partial charge >= 0.3 is 0 Å². The first-order valence-corrected chi connectivity index (χ1v) is 9.88. The summed E-state index contributed by atoms with van der Waals surface area (Å²) in [7, 11) is 0. The van der Waals surface area contributed by atoms with Crippen LogP contribution in [0.1, 0.15) is 32.6 Å². The Bertz CT molecular complexity index is 1010. The van der Waals surface area contributed by atoms with Crippen LogP contribution in [0.5, 0.6) is 0 Å². The molecule has 146 valence electrons. The van der Waals surface area contributed by atoms with Crippen molar-refractivity contribution < 1.29 is 9.59 Å². The van der Waals surface area contributed by atoms with Gasteiger partial charge in [0.05, 0.1) is 0 Å². The molecule has 1 aliphatic heterocycles. The van der Waals surface area contributed by atoms with Gasteiger partial charge in [-0.1, -0.05) is 78.4 Å². The second kappa shape index (κ2) is 8.31. The molecule has 0 fully saturated rings. The Kier molecular flexibility index (Phi) is 5.43. The van der Waals surface area contributed by atoms with Crippen molar-refractivity contribution in [1.82, 2.24) is 10.2 Å². The maximum absolute atomic E-state index is 13.2. The van der Waals surface area contributed by atoms with Crippen molar-refractivity contribution in [2.24, 2.45) is 0 Å². The number of aryl methyl sites for hydroxylation is 1. The smallest absolute Gasteiger partial charge is 0.255 e. The first-order chi connectivity index (χ1) is 14.1. The van der Waals surface area contributed by atoms with Crippen LogP contribution < -0.4 is 5.32 Å². The molecule has 2 amide bonds. The van der Waals surface area contributed by atoms with Gasteiger partial charge in [-0.3, -0.25) is 9.59 Å². The standard InChI is InChI=1S/C25H24N2O2/c1-18-11-13-20(14-12-18)16-26-24(28)23(15-19-7-3-2-4-8-19)27-17-21-9-5-6-10-22(21)25(27)29/h2-14,23H,15-17H2,1H3,(H,26,28)/t23-/m1/s1. The van der Waals surface area contributed by atoms with E-state index in [1.54, 1.807) is 4.90 Å². The monoisotopic (exact) mass is 384 g/mol. The first-order valence-electron chi connectivity index (χ1n) is 9.88. The van der Waals surface area contributed by atoms with Gasteiger partial charge in [-0.05, 0) is 29.7 Å². The van der Waals surface area contributed by atoms with Crippen LogP contribution in [0.3, 0.4) is 0 Å². The van der Waals surface area contributed by atoms with E-state index in [0.717, 1.165) is 16.7 Å². The SMILES string of the molecule is Cc1ccc(CNC(=O)[C@@H](Cc2ccccc2)N2Cc3ccccc3C2=O)cc1. The lowest BCUT2D eigenvalue weighted by atomic mass is 10.0. The molecule has 1 heterocycles. The lowest BCUT2D eigenvalue weighted by Gasteiger charge is -2.27. The van der Waals surface area contributed by atoms with Gasteiger partial charge in [-0.2, -0.15) is 0 Å². The van der Waals surface area contributed by atoms with Crippen molar-refractivity contribution in [3.05, 3.63) is 107 Å². The number of benzene rings is 3. The Morgan fingerprint density at radius 2 is 1.62 bits per heavy atom. The summed E-state index contributed by atoms with van der Waals surface area (Å²) < 4.78 is 0. The predicted octanol–water partition coefficient (Wildman–Crippen LogP) is 3.88. The van der Waals surface area contributed by atoms with Gasteiger partial charge in [0.1, 0.15) is 6.04 Å². The molecule has 1 aliphatic rings. The fraction of sp³-hybridized carbons (Fsp3) is 0.200. The van der Waals surface area contributed by atoms with E-state index in [1.807, 2.05) is 85.8 Å². The molecular weight excluding hydrogens is 360 g/mol. The van der Waals surface area contributed by atoms with Crippen LogP contribution >= 0.6 is 0 Å². The minimum atomic E-state index is -0.553. The van der Waals surface area contributed by atoms with Crippen molar-refractivity contribution in [3.8, 4) is 0 Å². The van der Waals surface area contributed by atoms with E-state index in [1.165, 1.54) is 5.56 Å². The molecule has 4 nitrogen and oxygen atoms in total. The number of rotatable bonds is 6. The fourth-order valence-electron chi connectivity index (χ4n) is 3.72. The topological polar surface area (TPSA) is 49.4 Å². The third-order valence-corrected chi connectivity index (χ3v) is 5.39. The van der Waals surface area contributed by atoms with E-state index in [-0.39, 0.29) is 11.8 Å². The first kappa shape index (κ1) is 18.9. The Balaban J connectivity index is 1.54. The molecule has 1 atom stereocenters. The second-order valence-corrected chi connectivity index (χ2v) is 7.50. The van der Waals surface area contributed by atoms with Crippen molar-refractivity contribution >= 4 is 11.8 Å². The number of nitrogens with zero attached hydrogens (tertiary/aromatic N) is 1. The molecule has 0 bridgehead atoms. The highest BCUT2D eigenvalue weighted by atomic mass is 16.2. The Labute approximate surface area is 171 Å². The summed E-state index contributed by atoms with van der Waals surface area (Å²) in [6, 6.07) is 25.0. The average Bonchev–Trinajstić information content (AvgIpc) is 3.08. The molecule has 0 saturated heterocycles. The van der Waals surface area contributed by atoms with Gasteiger partial charge < -0.3 is 10.2 Å². The van der Waals surface area contributed by atoms with Crippen molar-refractivity contribution in [3.63, 3.8) is 0 Å². The van der Waals surface area contributed by atoms with Crippen LogP contribution in [-0.2, 0) is 24.3 Å². The summed E-state index contributed by atoms with van der Waals surface area (Å²) >= 11 is 0. The summed E-state index contributed by atoms with van der Waals surface area (Å²) in [5, 5.41) is 3.03. The fourth-order valence-corrected chi connectivity index (χ4v) is 3.72. The van der Waals surface area contributed by atoms with E-state index >= 15 is 0 Å². The molecule has 0 aromatic heterocycles. The lowest BCUT2D eigenvalue weighted by molar-refractivity contribution is -0.125. The van der Waals surface area contributed by atoms with Gasteiger partial charge in [-0.25, -0.2) is 0 Å². The van der Waals surface area contributed by atoms with Crippen LogP contribution in [0.4, 0.5) is 0 Å². The number of fused-ring (bicyclic) bond motifs is 1. The van der Waals surface area contributed by atoms with Crippen molar-refractivity contribution in [2.75, 3.05) is 0 Å². The molecule has 0 saturated carbocycles. The normalized spacial score (nSPS) is 13.8. The summed E-state index contributed by atoms with van der Waals surface area (Å²) in [5.74, 6) is -0.206. The highest BCUT2D eigenvalue weighted by molar-refractivity contribution is 6.01. The predicted molar refractivity (Wildman–Crippen MR) is 113 cm³/mol. The summed E-state index contributed by atoms with van der Waals surface area (Å²) in [6.07, 6.45) is 0.486. The number of carbonyl (C=O) groups excluding carboxylic acids is 2. The Morgan fingerprint density at radius 1 is 0.931 bits per heavy atom. The van der Waals surface area contributed by atoms with Crippen LogP contribution in [0, 0.1) is 6.92 Å². The number of hydrogen-bond acceptors (Lipinski definition) is 2. The van der Waals surface area contributed by atoms with Gasteiger partial charge in [0.15, 0.2) is 0 Å². The van der Waals surface area contributed by atoms with Crippen LogP contribution in [0.25, 0.3) is 0 Å². The molecule has 1 N–H and O–H groups in total. The lowest BCUT2D eigenvalue weighted by Crippen LogP contribution is -2.48. The van der Waals surface area contributed by atoms with Gasteiger partial charge in [0.2, 0.25) is 5.91 Å². The molecular formula is C25H24N2O2. The van der Waals surface area contributed by atoms with Gasteiger partial charge in [0.25, 0.3) is 5.91 Å². The number of nitrogens with one attached hydrogen (secondary N) is 1. The molecule has 0 unspecified atom stereocenters. The number of amides is 2. The minimum absolute atomic E-state index is 0.0768. The Morgan fingerprint density at radius 3 is 2.34 bits per heavy atom. The van der Waals surface area contributed by atoms with E-state index in [9.17, 15) is 9.59 Å². The zero-order chi connectivity index (χ0) is 20.2. The molecule has 4 heteroatoms. The molecule has 3 aromatic rings. The molecule has 3 aromatic carbocycles.